The summed E-state index contributed by atoms with van der Waals surface area (Å²) in [6.07, 6.45) is 1.48. The van der Waals surface area contributed by atoms with Crippen LogP contribution in [0.1, 0.15) is 15.9 Å². The molecule has 156 valence electrons. The van der Waals surface area contributed by atoms with Crippen molar-refractivity contribution in [3.05, 3.63) is 71.8 Å². The van der Waals surface area contributed by atoms with Crippen molar-refractivity contribution in [2.75, 3.05) is 31.1 Å². The first-order valence-corrected chi connectivity index (χ1v) is 10.0. The van der Waals surface area contributed by atoms with Crippen molar-refractivity contribution in [3.63, 3.8) is 0 Å². The van der Waals surface area contributed by atoms with E-state index >= 15 is 0 Å². The van der Waals surface area contributed by atoms with Gasteiger partial charge in [-0.3, -0.25) is 4.79 Å². The lowest BCUT2D eigenvalue weighted by Gasteiger charge is -2.35. The molecule has 5 rings (SSSR count). The Kier molecular flexibility index (Phi) is 4.78. The predicted molar refractivity (Wildman–Crippen MR) is 114 cm³/mol. The highest BCUT2D eigenvalue weighted by molar-refractivity contribution is 5.94. The zero-order valence-corrected chi connectivity index (χ0v) is 16.9. The third-order valence-electron chi connectivity index (χ3n) is 5.45. The van der Waals surface area contributed by atoms with E-state index in [0.717, 1.165) is 5.56 Å². The molecule has 3 heterocycles. The van der Waals surface area contributed by atoms with Gasteiger partial charge in [-0.2, -0.15) is 4.68 Å². The van der Waals surface area contributed by atoms with Gasteiger partial charge in [-0.25, -0.2) is 14.4 Å². The van der Waals surface area contributed by atoms with Crippen LogP contribution in [0.15, 0.2) is 54.9 Å². The second kappa shape index (κ2) is 7.75. The Labute approximate surface area is 177 Å². The van der Waals surface area contributed by atoms with Gasteiger partial charge in [-0.1, -0.05) is 22.9 Å². The van der Waals surface area contributed by atoms with E-state index < -0.39 is 0 Å². The molecule has 0 spiro atoms. The summed E-state index contributed by atoms with van der Waals surface area (Å²) in [5, 5.41) is 8.47. The minimum absolute atomic E-state index is 0.0368. The van der Waals surface area contributed by atoms with Crippen LogP contribution in [-0.4, -0.2) is 61.9 Å². The predicted octanol–water partition coefficient (Wildman–Crippen LogP) is 2.62. The lowest BCUT2D eigenvalue weighted by molar-refractivity contribution is 0.0746. The second-order valence-corrected chi connectivity index (χ2v) is 7.49. The highest BCUT2D eigenvalue weighted by Gasteiger charge is 2.25. The number of nitrogens with zero attached hydrogens (tertiary/aromatic N) is 7. The lowest BCUT2D eigenvalue weighted by Crippen LogP contribution is -2.49. The van der Waals surface area contributed by atoms with Crippen molar-refractivity contribution in [3.8, 4) is 5.69 Å². The highest BCUT2D eigenvalue weighted by Crippen LogP contribution is 2.24. The van der Waals surface area contributed by atoms with E-state index in [1.54, 1.807) is 16.8 Å². The van der Waals surface area contributed by atoms with Crippen molar-refractivity contribution in [2.24, 2.45) is 0 Å². The summed E-state index contributed by atoms with van der Waals surface area (Å²) in [6.45, 7) is 4.44. The molecule has 0 saturated carbocycles. The summed E-state index contributed by atoms with van der Waals surface area (Å²) >= 11 is 0. The van der Waals surface area contributed by atoms with Gasteiger partial charge in [0.15, 0.2) is 17.0 Å². The van der Waals surface area contributed by atoms with E-state index in [9.17, 15) is 9.18 Å². The lowest BCUT2D eigenvalue weighted by atomic mass is 10.1. The molecule has 0 N–H and O–H groups in total. The summed E-state index contributed by atoms with van der Waals surface area (Å²) in [4.78, 5) is 25.5. The second-order valence-electron chi connectivity index (χ2n) is 7.49. The molecule has 1 fully saturated rings. The largest absolute Gasteiger partial charge is 0.351 e. The number of amides is 1. The van der Waals surface area contributed by atoms with Gasteiger partial charge in [-0.15, -0.1) is 5.10 Å². The fourth-order valence-corrected chi connectivity index (χ4v) is 3.72. The maximum atomic E-state index is 13.3. The molecule has 2 aromatic heterocycles. The molecule has 9 heteroatoms. The Morgan fingerprint density at radius 1 is 0.935 bits per heavy atom. The first-order valence-electron chi connectivity index (χ1n) is 10.0. The topological polar surface area (TPSA) is 80.0 Å². The number of carbonyl (C=O) groups excluding carboxylic acids is 1. The van der Waals surface area contributed by atoms with Crippen LogP contribution < -0.4 is 4.90 Å². The molecule has 0 bridgehead atoms. The normalized spacial score (nSPS) is 14.3. The number of anilines is 1. The number of piperazine rings is 1. The fraction of sp³-hybridized carbons (Fsp3) is 0.227. The number of rotatable bonds is 3. The van der Waals surface area contributed by atoms with E-state index in [4.69, 9.17) is 0 Å². The molecule has 0 radical (unpaired) electrons. The monoisotopic (exact) mass is 417 g/mol. The molecule has 4 aromatic rings. The van der Waals surface area contributed by atoms with Crippen LogP contribution in [0.2, 0.25) is 0 Å². The Morgan fingerprint density at radius 2 is 1.65 bits per heavy atom. The van der Waals surface area contributed by atoms with Gasteiger partial charge in [0, 0.05) is 31.7 Å². The van der Waals surface area contributed by atoms with Crippen molar-refractivity contribution >= 4 is 22.9 Å². The molecular weight excluding hydrogens is 397 g/mol. The van der Waals surface area contributed by atoms with Crippen LogP contribution in [0, 0.1) is 12.7 Å². The van der Waals surface area contributed by atoms with Crippen molar-refractivity contribution in [1.29, 1.82) is 0 Å². The standard InChI is InChI=1S/C22H20FN7O/c1-15-2-4-16(5-3-15)22(31)29-12-10-28(11-13-29)20-19-21(25-14-24-20)30(27-26-19)18-8-6-17(23)7-9-18/h2-9,14H,10-13H2,1H3. The van der Waals surface area contributed by atoms with Gasteiger partial charge >= 0.3 is 0 Å². The maximum Gasteiger partial charge on any atom is 0.253 e. The molecular formula is C22H20FN7O. The Hall–Kier alpha value is -3.88. The Balaban J connectivity index is 1.36. The molecule has 0 unspecified atom stereocenters. The van der Waals surface area contributed by atoms with Gasteiger partial charge in [-0.05, 0) is 43.3 Å². The number of halogens is 1. The SMILES string of the molecule is Cc1ccc(C(=O)N2CCN(c3ncnc4c3nnn4-c3ccc(F)cc3)CC2)cc1. The molecule has 0 aliphatic carbocycles. The quantitative estimate of drug-likeness (QED) is 0.510. The number of hydrogen-bond donors (Lipinski definition) is 0. The molecule has 8 nitrogen and oxygen atoms in total. The van der Waals surface area contributed by atoms with E-state index in [1.165, 1.54) is 18.5 Å². The van der Waals surface area contributed by atoms with Crippen LogP contribution in [0.5, 0.6) is 0 Å². The number of benzene rings is 2. The third kappa shape index (κ3) is 3.58. The highest BCUT2D eigenvalue weighted by atomic mass is 19.1. The van der Waals surface area contributed by atoms with E-state index in [1.807, 2.05) is 36.1 Å². The molecule has 1 aliphatic heterocycles. The van der Waals surface area contributed by atoms with Crippen LogP contribution >= 0.6 is 0 Å². The molecule has 1 saturated heterocycles. The van der Waals surface area contributed by atoms with Gasteiger partial charge < -0.3 is 9.80 Å². The van der Waals surface area contributed by atoms with Gasteiger partial charge in [0.05, 0.1) is 5.69 Å². The summed E-state index contributed by atoms with van der Waals surface area (Å²) in [5.41, 5.74) is 3.62. The number of carbonyl (C=O) groups is 1. The number of aromatic nitrogens is 5. The fourth-order valence-electron chi connectivity index (χ4n) is 3.72. The van der Waals surface area contributed by atoms with Crippen LogP contribution in [0.25, 0.3) is 16.9 Å². The minimum Gasteiger partial charge on any atom is -0.351 e. The summed E-state index contributed by atoms with van der Waals surface area (Å²) in [6, 6.07) is 13.6. The van der Waals surface area contributed by atoms with Crippen molar-refractivity contribution in [2.45, 2.75) is 6.92 Å². The average molecular weight is 417 g/mol. The van der Waals surface area contributed by atoms with E-state index in [0.29, 0.717) is 54.4 Å². The van der Waals surface area contributed by atoms with E-state index in [2.05, 4.69) is 25.2 Å². The molecule has 31 heavy (non-hydrogen) atoms. The first-order chi connectivity index (χ1) is 15.1. The Bertz CT molecular complexity index is 1230. The number of hydrogen-bond acceptors (Lipinski definition) is 6. The smallest absolute Gasteiger partial charge is 0.253 e. The van der Waals surface area contributed by atoms with Crippen molar-refractivity contribution in [1.82, 2.24) is 29.9 Å². The zero-order valence-electron chi connectivity index (χ0n) is 16.9. The van der Waals surface area contributed by atoms with Gasteiger partial charge in [0.2, 0.25) is 0 Å². The third-order valence-corrected chi connectivity index (χ3v) is 5.45. The zero-order chi connectivity index (χ0) is 21.4. The molecule has 0 atom stereocenters. The van der Waals surface area contributed by atoms with Crippen molar-refractivity contribution < 1.29 is 9.18 Å². The summed E-state index contributed by atoms with van der Waals surface area (Å²) in [7, 11) is 0. The van der Waals surface area contributed by atoms with Crippen LogP contribution in [0.3, 0.4) is 0 Å². The number of aryl methyl sites for hydroxylation is 1. The maximum absolute atomic E-state index is 13.3. The Morgan fingerprint density at radius 3 is 2.35 bits per heavy atom. The average Bonchev–Trinajstić information content (AvgIpc) is 3.24. The molecule has 1 amide bonds. The molecule has 1 aliphatic rings. The van der Waals surface area contributed by atoms with E-state index in [-0.39, 0.29) is 11.7 Å². The minimum atomic E-state index is -0.318. The first kappa shape index (κ1) is 19.1. The van der Waals surface area contributed by atoms with Crippen LogP contribution in [-0.2, 0) is 0 Å². The summed E-state index contributed by atoms with van der Waals surface area (Å²) in [5.74, 6) is 0.400. The van der Waals surface area contributed by atoms with Gasteiger partial charge in [0.1, 0.15) is 12.1 Å². The van der Waals surface area contributed by atoms with Crippen LogP contribution in [0.4, 0.5) is 10.2 Å². The summed E-state index contributed by atoms with van der Waals surface area (Å²) < 4.78 is 14.8. The molecule has 2 aromatic carbocycles. The van der Waals surface area contributed by atoms with Gasteiger partial charge in [0.25, 0.3) is 5.91 Å². The number of fused-ring (bicyclic) bond motifs is 1.